The molecule has 0 bridgehead atoms. The molecule has 0 radical (unpaired) electrons. The summed E-state index contributed by atoms with van der Waals surface area (Å²) in [6, 6.07) is 7.90. The predicted molar refractivity (Wildman–Crippen MR) is 77.3 cm³/mol. The highest BCUT2D eigenvalue weighted by atomic mass is 16.5. The molecule has 1 aromatic heterocycles. The minimum Gasteiger partial charge on any atom is -0.494 e. The van der Waals surface area contributed by atoms with Gasteiger partial charge in [0.15, 0.2) is 0 Å². The zero-order chi connectivity index (χ0) is 14.5. The summed E-state index contributed by atoms with van der Waals surface area (Å²) >= 11 is 0. The second-order valence-electron chi connectivity index (χ2n) is 4.56. The molecule has 1 N–H and O–H groups in total. The number of carbonyl (C=O) groups excluding carboxylic acids is 1. The molecular weight excluding hydrogens is 254 g/mol. The zero-order valence-corrected chi connectivity index (χ0v) is 12.0. The Labute approximate surface area is 118 Å². The third-order valence-corrected chi connectivity index (χ3v) is 3.18. The number of nitrogens with one attached hydrogen (secondary N) is 1. The summed E-state index contributed by atoms with van der Waals surface area (Å²) in [6.07, 6.45) is 2.54. The number of aryl methyl sites for hydroxylation is 1. The Kier molecular flexibility index (Phi) is 4.45. The monoisotopic (exact) mass is 273 g/mol. The molecule has 20 heavy (non-hydrogen) atoms. The van der Waals surface area contributed by atoms with E-state index in [4.69, 9.17) is 9.47 Å². The van der Waals surface area contributed by atoms with Crippen LogP contribution < -0.4 is 4.74 Å². The van der Waals surface area contributed by atoms with Crippen LogP contribution in [0.3, 0.4) is 0 Å². The van der Waals surface area contributed by atoms with Crippen molar-refractivity contribution in [2.24, 2.45) is 0 Å². The summed E-state index contributed by atoms with van der Waals surface area (Å²) in [5.74, 6) is 0.555. The summed E-state index contributed by atoms with van der Waals surface area (Å²) in [5, 5.41) is 0. The molecule has 0 amide bonds. The van der Waals surface area contributed by atoms with Crippen molar-refractivity contribution in [3.8, 4) is 5.75 Å². The minimum atomic E-state index is -0.301. The van der Waals surface area contributed by atoms with Gasteiger partial charge in [0.1, 0.15) is 5.75 Å². The topological polar surface area (TPSA) is 51.3 Å². The molecule has 0 saturated heterocycles. The molecule has 0 fully saturated rings. The Morgan fingerprint density at radius 1 is 1.25 bits per heavy atom. The molecule has 1 aromatic carbocycles. The van der Waals surface area contributed by atoms with Crippen LogP contribution >= 0.6 is 0 Å². The molecule has 4 heteroatoms. The number of H-pyrrole nitrogens is 1. The molecular formula is C16H19NO3. The Morgan fingerprint density at radius 3 is 2.55 bits per heavy atom. The van der Waals surface area contributed by atoms with E-state index in [-0.39, 0.29) is 5.97 Å². The maximum absolute atomic E-state index is 11.8. The molecule has 0 saturated carbocycles. The van der Waals surface area contributed by atoms with E-state index in [1.165, 1.54) is 7.11 Å². The van der Waals surface area contributed by atoms with E-state index in [1.807, 2.05) is 44.3 Å². The second kappa shape index (κ2) is 6.28. The Bertz CT molecular complexity index is 584. The minimum absolute atomic E-state index is 0.301. The third-order valence-electron chi connectivity index (χ3n) is 3.18. The molecule has 0 unspecified atom stereocenters. The third kappa shape index (κ3) is 3.02. The van der Waals surface area contributed by atoms with Gasteiger partial charge in [0.25, 0.3) is 0 Å². The fourth-order valence-corrected chi connectivity index (χ4v) is 2.20. The SMILES string of the molecule is CCOc1ccc(Cc2c[nH]c(C)c2C(=O)OC)cc1. The lowest BCUT2D eigenvalue weighted by Crippen LogP contribution is -2.05. The summed E-state index contributed by atoms with van der Waals surface area (Å²) in [6.45, 7) is 4.48. The van der Waals surface area contributed by atoms with Crippen molar-refractivity contribution in [1.29, 1.82) is 0 Å². The maximum atomic E-state index is 11.8. The quantitative estimate of drug-likeness (QED) is 0.852. The van der Waals surface area contributed by atoms with Crippen molar-refractivity contribution < 1.29 is 14.3 Å². The second-order valence-corrected chi connectivity index (χ2v) is 4.56. The summed E-state index contributed by atoms with van der Waals surface area (Å²) in [4.78, 5) is 14.9. The van der Waals surface area contributed by atoms with Crippen molar-refractivity contribution in [1.82, 2.24) is 4.98 Å². The zero-order valence-electron chi connectivity index (χ0n) is 12.0. The molecule has 1 heterocycles. The molecule has 0 atom stereocenters. The molecule has 4 nitrogen and oxygen atoms in total. The molecule has 2 rings (SSSR count). The first-order valence-electron chi connectivity index (χ1n) is 6.62. The number of ether oxygens (including phenoxy) is 2. The molecule has 2 aromatic rings. The Morgan fingerprint density at radius 2 is 1.95 bits per heavy atom. The summed E-state index contributed by atoms with van der Waals surface area (Å²) in [5.41, 5.74) is 3.52. The van der Waals surface area contributed by atoms with Crippen LogP contribution in [0.2, 0.25) is 0 Å². The van der Waals surface area contributed by atoms with Crippen LogP contribution in [-0.2, 0) is 11.2 Å². The van der Waals surface area contributed by atoms with Gasteiger partial charge >= 0.3 is 5.97 Å². The Hall–Kier alpha value is -2.23. The molecule has 0 aliphatic heterocycles. The van der Waals surface area contributed by atoms with Gasteiger partial charge in [0.2, 0.25) is 0 Å². The van der Waals surface area contributed by atoms with Crippen LogP contribution in [-0.4, -0.2) is 24.7 Å². The van der Waals surface area contributed by atoms with Gasteiger partial charge in [-0.25, -0.2) is 4.79 Å². The maximum Gasteiger partial charge on any atom is 0.339 e. The lowest BCUT2D eigenvalue weighted by atomic mass is 10.0. The van der Waals surface area contributed by atoms with Crippen molar-refractivity contribution in [3.05, 3.63) is 52.8 Å². The number of aromatic nitrogens is 1. The number of carbonyl (C=O) groups is 1. The fourth-order valence-electron chi connectivity index (χ4n) is 2.20. The summed E-state index contributed by atoms with van der Waals surface area (Å²) in [7, 11) is 1.40. The van der Waals surface area contributed by atoms with Crippen LogP contribution in [0.25, 0.3) is 0 Å². The first kappa shape index (κ1) is 14.2. The molecule has 0 aliphatic carbocycles. The standard InChI is InChI=1S/C16H19NO3/c1-4-20-14-7-5-12(6-8-14)9-13-10-17-11(2)15(13)16(18)19-3/h5-8,10,17H,4,9H2,1-3H3. The number of rotatable bonds is 5. The summed E-state index contributed by atoms with van der Waals surface area (Å²) < 4.78 is 10.2. The van der Waals surface area contributed by atoms with Gasteiger partial charge in [-0.2, -0.15) is 0 Å². The van der Waals surface area contributed by atoms with Gasteiger partial charge in [-0.15, -0.1) is 0 Å². The van der Waals surface area contributed by atoms with E-state index in [9.17, 15) is 4.79 Å². The molecule has 0 aliphatic rings. The number of methoxy groups -OCH3 is 1. The highest BCUT2D eigenvalue weighted by molar-refractivity contribution is 5.92. The average molecular weight is 273 g/mol. The van der Waals surface area contributed by atoms with E-state index in [1.54, 1.807) is 0 Å². The van der Waals surface area contributed by atoms with Gasteiger partial charge in [0, 0.05) is 11.9 Å². The van der Waals surface area contributed by atoms with Gasteiger partial charge in [-0.3, -0.25) is 0 Å². The van der Waals surface area contributed by atoms with E-state index in [0.29, 0.717) is 18.6 Å². The van der Waals surface area contributed by atoms with Gasteiger partial charge < -0.3 is 14.5 Å². The smallest absolute Gasteiger partial charge is 0.339 e. The van der Waals surface area contributed by atoms with Crippen LogP contribution in [0, 0.1) is 6.92 Å². The van der Waals surface area contributed by atoms with E-state index in [2.05, 4.69) is 4.98 Å². The lowest BCUT2D eigenvalue weighted by molar-refractivity contribution is 0.0599. The van der Waals surface area contributed by atoms with Crippen molar-refractivity contribution in [2.75, 3.05) is 13.7 Å². The largest absolute Gasteiger partial charge is 0.494 e. The normalized spacial score (nSPS) is 10.3. The highest BCUT2D eigenvalue weighted by Crippen LogP contribution is 2.20. The number of benzene rings is 1. The lowest BCUT2D eigenvalue weighted by Gasteiger charge is -2.06. The van der Waals surface area contributed by atoms with E-state index < -0.39 is 0 Å². The van der Waals surface area contributed by atoms with Gasteiger partial charge in [0.05, 0.1) is 19.3 Å². The van der Waals surface area contributed by atoms with Crippen LogP contribution in [0.4, 0.5) is 0 Å². The van der Waals surface area contributed by atoms with Crippen molar-refractivity contribution in [2.45, 2.75) is 20.3 Å². The first-order valence-corrected chi connectivity index (χ1v) is 6.62. The Balaban J connectivity index is 2.19. The van der Waals surface area contributed by atoms with Crippen molar-refractivity contribution in [3.63, 3.8) is 0 Å². The number of aromatic amines is 1. The molecule has 0 spiro atoms. The van der Waals surface area contributed by atoms with Crippen molar-refractivity contribution >= 4 is 5.97 Å². The highest BCUT2D eigenvalue weighted by Gasteiger charge is 2.16. The van der Waals surface area contributed by atoms with Crippen LogP contribution in [0.5, 0.6) is 5.75 Å². The van der Waals surface area contributed by atoms with Crippen LogP contribution in [0.1, 0.15) is 34.1 Å². The number of esters is 1. The average Bonchev–Trinajstić information content (AvgIpc) is 2.81. The van der Waals surface area contributed by atoms with Crippen LogP contribution in [0.15, 0.2) is 30.5 Å². The number of hydrogen-bond acceptors (Lipinski definition) is 3. The van der Waals surface area contributed by atoms with E-state index >= 15 is 0 Å². The predicted octanol–water partition coefficient (Wildman–Crippen LogP) is 3.10. The van der Waals surface area contributed by atoms with Gasteiger partial charge in [-0.1, -0.05) is 12.1 Å². The first-order chi connectivity index (χ1) is 9.65. The fraction of sp³-hybridized carbons (Fsp3) is 0.312. The molecule has 106 valence electrons. The van der Waals surface area contributed by atoms with Gasteiger partial charge in [-0.05, 0) is 43.5 Å². The van der Waals surface area contributed by atoms with E-state index in [0.717, 1.165) is 22.6 Å². The number of hydrogen-bond donors (Lipinski definition) is 1.